The van der Waals surface area contributed by atoms with Crippen LogP contribution in [0.25, 0.3) is 0 Å². The van der Waals surface area contributed by atoms with E-state index in [1.165, 1.54) is 5.56 Å². The third-order valence-electron chi connectivity index (χ3n) is 4.11. The van der Waals surface area contributed by atoms with Crippen molar-refractivity contribution in [3.63, 3.8) is 0 Å². The van der Waals surface area contributed by atoms with Gasteiger partial charge in [0.25, 0.3) is 0 Å². The van der Waals surface area contributed by atoms with Crippen molar-refractivity contribution in [1.29, 1.82) is 0 Å². The first-order valence-electron chi connectivity index (χ1n) is 7.11. The highest BCUT2D eigenvalue weighted by Gasteiger charge is 2.38. The van der Waals surface area contributed by atoms with Crippen molar-refractivity contribution < 1.29 is 9.90 Å². The molecule has 1 aliphatic rings. The third-order valence-corrected chi connectivity index (χ3v) is 4.11. The second-order valence-corrected chi connectivity index (χ2v) is 5.68. The lowest BCUT2D eigenvalue weighted by Gasteiger charge is -2.15. The molecule has 0 spiro atoms. The molecule has 1 N–H and O–H groups in total. The number of carbonyl (C=O) groups is 1. The quantitative estimate of drug-likeness (QED) is 0.913. The Bertz CT molecular complexity index is 633. The molecule has 0 aliphatic carbocycles. The van der Waals surface area contributed by atoms with E-state index in [1.54, 1.807) is 10.9 Å². The van der Waals surface area contributed by atoms with Crippen LogP contribution in [0.2, 0.25) is 0 Å². The van der Waals surface area contributed by atoms with Crippen LogP contribution >= 0.6 is 24.8 Å². The van der Waals surface area contributed by atoms with Gasteiger partial charge in [-0.1, -0.05) is 30.3 Å². The van der Waals surface area contributed by atoms with Crippen molar-refractivity contribution in [2.75, 3.05) is 13.1 Å². The topological polar surface area (TPSA) is 58.4 Å². The van der Waals surface area contributed by atoms with Crippen molar-refractivity contribution >= 4 is 30.8 Å². The number of nitrogens with zero attached hydrogens (tertiary/aromatic N) is 3. The zero-order chi connectivity index (χ0) is 14.8. The molecule has 1 saturated heterocycles. The molecule has 0 amide bonds. The highest BCUT2D eigenvalue weighted by Crippen LogP contribution is 2.33. The van der Waals surface area contributed by atoms with Crippen molar-refractivity contribution in [1.82, 2.24) is 14.7 Å². The minimum absolute atomic E-state index is 0. The second kappa shape index (κ2) is 8.34. The maximum absolute atomic E-state index is 11.5. The summed E-state index contributed by atoms with van der Waals surface area (Å²) in [6, 6.07) is 10.2. The fourth-order valence-corrected chi connectivity index (χ4v) is 3.08. The molecule has 0 bridgehead atoms. The Morgan fingerprint density at radius 1 is 1.26 bits per heavy atom. The van der Waals surface area contributed by atoms with Gasteiger partial charge in [-0.25, -0.2) is 0 Å². The van der Waals surface area contributed by atoms with Gasteiger partial charge in [-0.2, -0.15) is 5.10 Å². The third kappa shape index (κ3) is 4.47. The number of aromatic nitrogens is 2. The molecular formula is C16H21Cl2N3O2. The van der Waals surface area contributed by atoms with Crippen molar-refractivity contribution in [2.24, 2.45) is 13.0 Å². The highest BCUT2D eigenvalue weighted by molar-refractivity contribution is 5.85. The summed E-state index contributed by atoms with van der Waals surface area (Å²) in [4.78, 5) is 13.8. The first-order chi connectivity index (χ1) is 10.1. The van der Waals surface area contributed by atoms with E-state index in [2.05, 4.69) is 22.1 Å². The maximum Gasteiger partial charge on any atom is 0.308 e. The SMILES string of the molecule is Cl.Cl.Cn1cc([C@H]2CN(Cc3ccccc3)C[C@@H]2C(=O)O)cn1. The zero-order valence-corrected chi connectivity index (χ0v) is 14.5. The Labute approximate surface area is 148 Å². The Hall–Kier alpha value is -1.56. The van der Waals surface area contributed by atoms with Crippen molar-refractivity contribution in [2.45, 2.75) is 12.5 Å². The average Bonchev–Trinajstić information content (AvgIpc) is 3.06. The van der Waals surface area contributed by atoms with Gasteiger partial charge in [0, 0.05) is 38.8 Å². The van der Waals surface area contributed by atoms with E-state index in [0.29, 0.717) is 6.54 Å². The molecule has 126 valence electrons. The molecule has 0 unspecified atom stereocenters. The summed E-state index contributed by atoms with van der Waals surface area (Å²) < 4.78 is 1.73. The molecule has 2 heterocycles. The molecule has 1 aliphatic heterocycles. The van der Waals surface area contributed by atoms with E-state index in [0.717, 1.165) is 18.7 Å². The Morgan fingerprint density at radius 3 is 2.52 bits per heavy atom. The lowest BCUT2D eigenvalue weighted by Crippen LogP contribution is -2.23. The predicted molar refractivity (Wildman–Crippen MR) is 93.3 cm³/mol. The predicted octanol–water partition coefficient (Wildman–Crippen LogP) is 2.56. The van der Waals surface area contributed by atoms with Gasteiger partial charge in [0.2, 0.25) is 0 Å². The van der Waals surface area contributed by atoms with Gasteiger partial charge in [0.15, 0.2) is 0 Å². The molecule has 0 radical (unpaired) electrons. The van der Waals surface area contributed by atoms with Gasteiger partial charge in [0.05, 0.1) is 12.1 Å². The molecule has 1 aromatic heterocycles. The summed E-state index contributed by atoms with van der Waals surface area (Å²) in [7, 11) is 1.86. The van der Waals surface area contributed by atoms with Crippen LogP contribution in [0.3, 0.4) is 0 Å². The van der Waals surface area contributed by atoms with E-state index >= 15 is 0 Å². The van der Waals surface area contributed by atoms with Crippen LogP contribution in [-0.4, -0.2) is 38.8 Å². The minimum atomic E-state index is -0.723. The molecule has 5 nitrogen and oxygen atoms in total. The number of rotatable bonds is 4. The number of aliphatic carboxylic acids is 1. The zero-order valence-electron chi connectivity index (χ0n) is 12.8. The van der Waals surface area contributed by atoms with E-state index < -0.39 is 5.97 Å². The fourth-order valence-electron chi connectivity index (χ4n) is 3.08. The smallest absolute Gasteiger partial charge is 0.308 e. The van der Waals surface area contributed by atoms with Gasteiger partial charge >= 0.3 is 5.97 Å². The number of hydrogen-bond acceptors (Lipinski definition) is 3. The first kappa shape index (κ1) is 19.5. The van der Waals surface area contributed by atoms with Crippen LogP contribution < -0.4 is 0 Å². The van der Waals surface area contributed by atoms with Crippen LogP contribution in [0.1, 0.15) is 17.0 Å². The minimum Gasteiger partial charge on any atom is -0.481 e. The van der Waals surface area contributed by atoms with Gasteiger partial charge < -0.3 is 5.11 Å². The van der Waals surface area contributed by atoms with Crippen LogP contribution in [0, 0.1) is 5.92 Å². The molecule has 7 heteroatoms. The number of benzene rings is 1. The standard InChI is InChI=1S/C16H19N3O2.2ClH/c1-18-9-13(7-17-18)14-10-19(11-15(14)16(20)21)8-12-5-3-2-4-6-12;;/h2-7,9,14-15H,8,10-11H2,1H3,(H,20,21);2*1H/t14-,15+;;/m1../s1. The molecule has 3 rings (SSSR count). The normalized spacial score (nSPS) is 20.6. The second-order valence-electron chi connectivity index (χ2n) is 5.68. The number of halogens is 2. The summed E-state index contributed by atoms with van der Waals surface area (Å²) in [5, 5.41) is 13.7. The molecule has 1 aromatic carbocycles. The number of carboxylic acids is 1. The Balaban J connectivity index is 0.00000132. The summed E-state index contributed by atoms with van der Waals surface area (Å²) in [6.45, 7) is 2.14. The van der Waals surface area contributed by atoms with Crippen LogP contribution in [0.15, 0.2) is 42.7 Å². The molecule has 2 atom stereocenters. The van der Waals surface area contributed by atoms with Crippen LogP contribution in [-0.2, 0) is 18.4 Å². The molecular weight excluding hydrogens is 337 g/mol. The number of carboxylic acid groups (broad SMARTS) is 1. The summed E-state index contributed by atoms with van der Waals surface area (Å²) in [5.74, 6) is -1.07. The van der Waals surface area contributed by atoms with Gasteiger partial charge in [0.1, 0.15) is 0 Å². The molecule has 1 fully saturated rings. The lowest BCUT2D eigenvalue weighted by atomic mass is 9.91. The van der Waals surface area contributed by atoms with Gasteiger partial charge in [-0.15, -0.1) is 24.8 Å². The van der Waals surface area contributed by atoms with E-state index in [4.69, 9.17) is 0 Å². The highest BCUT2D eigenvalue weighted by atomic mass is 35.5. The number of aryl methyl sites for hydroxylation is 1. The van der Waals surface area contributed by atoms with Gasteiger partial charge in [-0.05, 0) is 11.1 Å². The van der Waals surface area contributed by atoms with E-state index in [9.17, 15) is 9.90 Å². The van der Waals surface area contributed by atoms with E-state index in [-0.39, 0.29) is 36.6 Å². The van der Waals surface area contributed by atoms with Crippen LogP contribution in [0.4, 0.5) is 0 Å². The average molecular weight is 358 g/mol. The lowest BCUT2D eigenvalue weighted by molar-refractivity contribution is -0.141. The van der Waals surface area contributed by atoms with Crippen molar-refractivity contribution in [3.05, 3.63) is 53.9 Å². The van der Waals surface area contributed by atoms with Gasteiger partial charge in [-0.3, -0.25) is 14.4 Å². The number of hydrogen-bond donors (Lipinski definition) is 1. The Morgan fingerprint density at radius 2 is 1.96 bits per heavy atom. The molecule has 23 heavy (non-hydrogen) atoms. The largest absolute Gasteiger partial charge is 0.481 e. The monoisotopic (exact) mass is 357 g/mol. The van der Waals surface area contributed by atoms with E-state index in [1.807, 2.05) is 31.4 Å². The Kier molecular flexibility index (Phi) is 7.06. The summed E-state index contributed by atoms with van der Waals surface area (Å²) in [6.07, 6.45) is 3.71. The maximum atomic E-state index is 11.5. The van der Waals surface area contributed by atoms with Crippen molar-refractivity contribution in [3.8, 4) is 0 Å². The summed E-state index contributed by atoms with van der Waals surface area (Å²) in [5.41, 5.74) is 2.23. The summed E-state index contributed by atoms with van der Waals surface area (Å²) >= 11 is 0. The molecule has 0 saturated carbocycles. The molecule has 2 aromatic rings. The first-order valence-corrected chi connectivity index (χ1v) is 7.11. The fraction of sp³-hybridized carbons (Fsp3) is 0.375. The van der Waals surface area contributed by atoms with Crippen LogP contribution in [0.5, 0.6) is 0 Å². The number of likely N-dealkylation sites (tertiary alicyclic amines) is 1.